The lowest BCUT2D eigenvalue weighted by atomic mass is 10.1. The van der Waals surface area contributed by atoms with Gasteiger partial charge in [0.25, 0.3) is 0 Å². The Labute approximate surface area is 123 Å². The number of halogens is 1. The second-order valence-electron chi connectivity index (χ2n) is 4.74. The average Bonchev–Trinajstić information content (AvgIpc) is 2.81. The first-order valence-corrected chi connectivity index (χ1v) is 7.59. The third kappa shape index (κ3) is 3.35. The van der Waals surface area contributed by atoms with Crippen LogP contribution >= 0.6 is 11.3 Å². The van der Waals surface area contributed by atoms with Gasteiger partial charge in [-0.05, 0) is 25.1 Å². The van der Waals surface area contributed by atoms with Gasteiger partial charge >= 0.3 is 0 Å². The molecule has 0 unspecified atom stereocenters. The lowest BCUT2D eigenvalue weighted by Crippen LogP contribution is -2.22. The molecule has 0 aliphatic carbocycles. The van der Waals surface area contributed by atoms with E-state index in [1.807, 2.05) is 37.4 Å². The minimum absolute atomic E-state index is 0.176. The van der Waals surface area contributed by atoms with Crippen LogP contribution < -0.4 is 10.2 Å². The van der Waals surface area contributed by atoms with Gasteiger partial charge in [0.15, 0.2) is 0 Å². The predicted molar refractivity (Wildman–Crippen MR) is 82.7 cm³/mol. The van der Waals surface area contributed by atoms with Crippen LogP contribution in [0.2, 0.25) is 0 Å². The van der Waals surface area contributed by atoms with Crippen molar-refractivity contribution in [1.82, 2.24) is 10.3 Å². The van der Waals surface area contributed by atoms with Crippen LogP contribution in [0.15, 0.2) is 23.7 Å². The number of rotatable bonds is 6. The lowest BCUT2D eigenvalue weighted by molar-refractivity contribution is 0.616. The molecule has 1 aromatic carbocycles. The number of anilines is 1. The van der Waals surface area contributed by atoms with Gasteiger partial charge in [-0.25, -0.2) is 9.37 Å². The van der Waals surface area contributed by atoms with Gasteiger partial charge in [0, 0.05) is 18.5 Å². The highest BCUT2D eigenvalue weighted by atomic mass is 32.1. The maximum absolute atomic E-state index is 14.2. The molecule has 0 saturated heterocycles. The van der Waals surface area contributed by atoms with Crippen molar-refractivity contribution in [2.24, 2.45) is 0 Å². The smallest absolute Gasteiger partial charge is 0.146 e. The van der Waals surface area contributed by atoms with Gasteiger partial charge in [-0.1, -0.05) is 19.1 Å². The van der Waals surface area contributed by atoms with Crippen LogP contribution in [0.25, 0.3) is 0 Å². The fourth-order valence-electron chi connectivity index (χ4n) is 2.16. The van der Waals surface area contributed by atoms with E-state index in [9.17, 15) is 4.39 Å². The summed E-state index contributed by atoms with van der Waals surface area (Å²) < 4.78 is 14.2. The van der Waals surface area contributed by atoms with Crippen LogP contribution in [-0.2, 0) is 13.1 Å². The molecule has 0 radical (unpaired) electrons. The number of aryl methyl sites for hydroxylation is 1. The zero-order valence-electron chi connectivity index (χ0n) is 12.1. The van der Waals surface area contributed by atoms with E-state index < -0.39 is 0 Å². The molecule has 2 aromatic rings. The summed E-state index contributed by atoms with van der Waals surface area (Å²) in [6.45, 7) is 6.25. The molecule has 0 aliphatic heterocycles. The fourth-order valence-corrected chi connectivity index (χ4v) is 2.99. The first-order valence-electron chi connectivity index (χ1n) is 6.71. The molecule has 0 saturated carbocycles. The Morgan fingerprint density at radius 1 is 1.40 bits per heavy atom. The molecule has 0 aliphatic rings. The van der Waals surface area contributed by atoms with Gasteiger partial charge in [-0.15, -0.1) is 11.3 Å². The second-order valence-corrected chi connectivity index (χ2v) is 5.68. The number of thiazole rings is 1. The fraction of sp³-hybridized carbons (Fsp3) is 0.400. The Bertz CT molecular complexity index is 568. The van der Waals surface area contributed by atoms with Crippen molar-refractivity contribution >= 4 is 17.0 Å². The molecular formula is C15H20FN3S. The monoisotopic (exact) mass is 293 g/mol. The van der Waals surface area contributed by atoms with Crippen molar-refractivity contribution in [1.29, 1.82) is 0 Å². The quantitative estimate of drug-likeness (QED) is 0.885. The van der Waals surface area contributed by atoms with E-state index in [-0.39, 0.29) is 5.82 Å². The van der Waals surface area contributed by atoms with Crippen molar-refractivity contribution in [3.63, 3.8) is 0 Å². The molecule has 2 rings (SSSR count). The Morgan fingerprint density at radius 2 is 2.20 bits per heavy atom. The zero-order chi connectivity index (χ0) is 14.5. The topological polar surface area (TPSA) is 28.2 Å². The minimum Gasteiger partial charge on any atom is -0.367 e. The highest BCUT2D eigenvalue weighted by molar-refractivity contribution is 7.09. The summed E-state index contributed by atoms with van der Waals surface area (Å²) in [5.74, 6) is -0.176. The van der Waals surface area contributed by atoms with Crippen LogP contribution in [-0.4, -0.2) is 18.6 Å². The summed E-state index contributed by atoms with van der Waals surface area (Å²) in [6.07, 6.45) is 0. The highest BCUT2D eigenvalue weighted by Gasteiger charge is 2.14. The van der Waals surface area contributed by atoms with Gasteiger partial charge in [-0.3, -0.25) is 0 Å². The summed E-state index contributed by atoms with van der Waals surface area (Å²) in [5, 5.41) is 3.25. The normalized spacial score (nSPS) is 10.8. The number of nitrogens with one attached hydrogen (secondary N) is 1. The first kappa shape index (κ1) is 14.9. The van der Waals surface area contributed by atoms with Gasteiger partial charge in [0.1, 0.15) is 5.82 Å². The molecule has 1 N–H and O–H groups in total. The molecular weight excluding hydrogens is 273 g/mol. The van der Waals surface area contributed by atoms with Gasteiger partial charge in [0.2, 0.25) is 0 Å². The number of benzene rings is 1. The van der Waals surface area contributed by atoms with Crippen LogP contribution in [0.3, 0.4) is 0 Å². The molecule has 108 valence electrons. The Kier molecular flexibility index (Phi) is 5.09. The number of aromatic nitrogens is 1. The van der Waals surface area contributed by atoms with Crippen molar-refractivity contribution < 1.29 is 4.39 Å². The van der Waals surface area contributed by atoms with Gasteiger partial charge < -0.3 is 10.2 Å². The summed E-state index contributed by atoms with van der Waals surface area (Å²) in [4.78, 5) is 7.38. The van der Waals surface area contributed by atoms with Crippen molar-refractivity contribution in [3.8, 4) is 0 Å². The first-order chi connectivity index (χ1) is 9.63. The minimum atomic E-state index is -0.176. The molecule has 20 heavy (non-hydrogen) atoms. The number of para-hydroxylation sites is 1. The van der Waals surface area contributed by atoms with Crippen molar-refractivity contribution in [2.75, 3.05) is 18.5 Å². The molecule has 0 bridgehead atoms. The van der Waals surface area contributed by atoms with E-state index in [0.717, 1.165) is 17.8 Å². The van der Waals surface area contributed by atoms with Crippen LogP contribution in [0, 0.1) is 12.7 Å². The molecule has 5 heteroatoms. The molecule has 0 spiro atoms. The van der Waals surface area contributed by atoms with Gasteiger partial charge in [0.05, 0.1) is 23.4 Å². The van der Waals surface area contributed by atoms with E-state index in [1.165, 1.54) is 10.9 Å². The number of nitrogens with zero attached hydrogens (tertiary/aromatic N) is 2. The predicted octanol–water partition coefficient (Wildman–Crippen LogP) is 3.34. The summed E-state index contributed by atoms with van der Waals surface area (Å²) in [5.41, 5.74) is 4.50. The Morgan fingerprint density at radius 3 is 2.85 bits per heavy atom. The lowest BCUT2D eigenvalue weighted by Gasteiger charge is -2.23. The van der Waals surface area contributed by atoms with E-state index in [1.54, 1.807) is 17.4 Å². The third-order valence-corrected chi connectivity index (χ3v) is 4.16. The van der Waals surface area contributed by atoms with E-state index in [2.05, 4.69) is 10.3 Å². The van der Waals surface area contributed by atoms with Crippen molar-refractivity contribution in [2.45, 2.75) is 26.9 Å². The highest BCUT2D eigenvalue weighted by Crippen LogP contribution is 2.26. The van der Waals surface area contributed by atoms with Crippen LogP contribution in [0.5, 0.6) is 0 Å². The standard InChI is InChI=1S/C15H20FN3S/c1-4-17-8-12-6-5-7-13(16)15(12)19(3)9-14-11(2)18-10-20-14/h5-7,10,17H,4,8-9H2,1-3H3. The molecule has 0 fully saturated rings. The van der Waals surface area contributed by atoms with Crippen LogP contribution in [0.4, 0.5) is 10.1 Å². The maximum Gasteiger partial charge on any atom is 0.146 e. The molecule has 1 heterocycles. The average molecular weight is 293 g/mol. The maximum atomic E-state index is 14.2. The SMILES string of the molecule is CCNCc1cccc(F)c1N(C)Cc1scnc1C. The Balaban J connectivity index is 2.24. The summed E-state index contributed by atoms with van der Waals surface area (Å²) in [7, 11) is 1.92. The van der Waals surface area contributed by atoms with Crippen LogP contribution in [0.1, 0.15) is 23.1 Å². The summed E-state index contributed by atoms with van der Waals surface area (Å²) in [6, 6.07) is 5.25. The van der Waals surface area contributed by atoms with Gasteiger partial charge in [-0.2, -0.15) is 0 Å². The summed E-state index contributed by atoms with van der Waals surface area (Å²) >= 11 is 1.61. The molecule has 0 amide bonds. The second kappa shape index (κ2) is 6.81. The Hall–Kier alpha value is -1.46. The molecule has 1 aromatic heterocycles. The van der Waals surface area contributed by atoms with E-state index >= 15 is 0 Å². The number of hydrogen-bond acceptors (Lipinski definition) is 4. The van der Waals surface area contributed by atoms with E-state index in [4.69, 9.17) is 0 Å². The largest absolute Gasteiger partial charge is 0.367 e. The third-order valence-electron chi connectivity index (χ3n) is 3.24. The number of hydrogen-bond donors (Lipinski definition) is 1. The van der Waals surface area contributed by atoms with E-state index in [0.29, 0.717) is 18.8 Å². The van der Waals surface area contributed by atoms with Crippen molar-refractivity contribution in [3.05, 3.63) is 45.7 Å². The molecule has 3 nitrogen and oxygen atoms in total. The zero-order valence-corrected chi connectivity index (χ0v) is 12.9. The molecule has 0 atom stereocenters.